The topological polar surface area (TPSA) is 54.0 Å². The van der Waals surface area contributed by atoms with Gasteiger partial charge in [0.15, 0.2) is 0 Å². The standard InChI is InChI=1S/C17H19N3O/c1-12-2-5-16(18-10-12)11-19-14-6-8-15(9-7-14)20-17(21)13-3-4-13/h2,5-10,13,19H,3-4,11H2,1H3,(H,20,21). The monoisotopic (exact) mass is 281 g/mol. The number of nitrogens with one attached hydrogen (secondary N) is 2. The van der Waals surface area contributed by atoms with Crippen molar-refractivity contribution in [2.24, 2.45) is 5.92 Å². The Bertz CT molecular complexity index is 615. The van der Waals surface area contributed by atoms with E-state index in [9.17, 15) is 4.79 Å². The molecule has 4 heteroatoms. The Morgan fingerprint density at radius 2 is 1.86 bits per heavy atom. The Kier molecular flexibility index (Phi) is 3.86. The van der Waals surface area contributed by atoms with Crippen molar-refractivity contribution in [3.63, 3.8) is 0 Å². The number of rotatable bonds is 5. The average molecular weight is 281 g/mol. The molecular weight excluding hydrogens is 262 g/mol. The molecule has 0 unspecified atom stereocenters. The van der Waals surface area contributed by atoms with Crippen LogP contribution in [0.2, 0.25) is 0 Å². The van der Waals surface area contributed by atoms with E-state index in [0.717, 1.165) is 35.5 Å². The van der Waals surface area contributed by atoms with Crippen molar-refractivity contribution in [3.8, 4) is 0 Å². The van der Waals surface area contributed by atoms with Gasteiger partial charge in [0.1, 0.15) is 0 Å². The summed E-state index contributed by atoms with van der Waals surface area (Å²) in [6, 6.07) is 11.9. The van der Waals surface area contributed by atoms with Gasteiger partial charge in [-0.2, -0.15) is 0 Å². The van der Waals surface area contributed by atoms with E-state index >= 15 is 0 Å². The van der Waals surface area contributed by atoms with Gasteiger partial charge in [-0.1, -0.05) is 6.07 Å². The van der Waals surface area contributed by atoms with Crippen molar-refractivity contribution in [2.75, 3.05) is 10.6 Å². The number of carbonyl (C=O) groups excluding carboxylic acids is 1. The highest BCUT2D eigenvalue weighted by Gasteiger charge is 2.29. The zero-order chi connectivity index (χ0) is 14.7. The Balaban J connectivity index is 1.54. The van der Waals surface area contributed by atoms with E-state index in [2.05, 4.69) is 21.7 Å². The SMILES string of the molecule is Cc1ccc(CNc2ccc(NC(=O)C3CC3)cc2)nc1. The summed E-state index contributed by atoms with van der Waals surface area (Å²) in [4.78, 5) is 16.0. The third kappa shape index (κ3) is 3.81. The molecule has 1 saturated carbocycles. The number of carbonyl (C=O) groups is 1. The highest BCUT2D eigenvalue weighted by molar-refractivity contribution is 5.94. The van der Waals surface area contributed by atoms with Gasteiger partial charge in [-0.3, -0.25) is 9.78 Å². The number of amides is 1. The summed E-state index contributed by atoms with van der Waals surface area (Å²) in [6.45, 7) is 2.72. The second kappa shape index (κ2) is 5.95. The van der Waals surface area contributed by atoms with Crippen molar-refractivity contribution < 1.29 is 4.79 Å². The Morgan fingerprint density at radius 3 is 2.48 bits per heavy atom. The van der Waals surface area contributed by atoms with Crippen molar-refractivity contribution in [3.05, 3.63) is 53.9 Å². The molecule has 0 atom stereocenters. The maximum Gasteiger partial charge on any atom is 0.227 e. The van der Waals surface area contributed by atoms with Gasteiger partial charge >= 0.3 is 0 Å². The second-order valence-electron chi connectivity index (χ2n) is 5.52. The predicted molar refractivity (Wildman–Crippen MR) is 84.1 cm³/mol. The van der Waals surface area contributed by atoms with Gasteiger partial charge in [-0.25, -0.2) is 0 Å². The Morgan fingerprint density at radius 1 is 1.14 bits per heavy atom. The first-order valence-corrected chi connectivity index (χ1v) is 7.27. The lowest BCUT2D eigenvalue weighted by atomic mass is 10.2. The van der Waals surface area contributed by atoms with Crippen LogP contribution in [-0.2, 0) is 11.3 Å². The number of nitrogens with zero attached hydrogens (tertiary/aromatic N) is 1. The first-order valence-electron chi connectivity index (χ1n) is 7.27. The van der Waals surface area contributed by atoms with Crippen LogP contribution in [0, 0.1) is 12.8 Å². The molecule has 1 aliphatic carbocycles. The Labute approximate surface area is 124 Å². The number of hydrogen-bond acceptors (Lipinski definition) is 3. The Hall–Kier alpha value is -2.36. The van der Waals surface area contributed by atoms with Gasteiger partial charge < -0.3 is 10.6 Å². The molecule has 1 aromatic heterocycles. The van der Waals surface area contributed by atoms with Gasteiger partial charge in [-0.05, 0) is 55.7 Å². The molecule has 21 heavy (non-hydrogen) atoms. The smallest absolute Gasteiger partial charge is 0.227 e. The van der Waals surface area contributed by atoms with E-state index < -0.39 is 0 Å². The predicted octanol–water partition coefficient (Wildman–Crippen LogP) is 3.35. The molecule has 1 aliphatic rings. The van der Waals surface area contributed by atoms with Crippen LogP contribution in [0.15, 0.2) is 42.6 Å². The van der Waals surface area contributed by atoms with Crippen molar-refractivity contribution in [1.29, 1.82) is 0 Å². The molecule has 0 bridgehead atoms. The summed E-state index contributed by atoms with van der Waals surface area (Å²) in [6.07, 6.45) is 3.91. The normalized spacial score (nSPS) is 13.8. The number of pyridine rings is 1. The third-order valence-electron chi connectivity index (χ3n) is 3.55. The fourth-order valence-electron chi connectivity index (χ4n) is 2.06. The van der Waals surface area contributed by atoms with E-state index in [1.54, 1.807) is 0 Å². The minimum Gasteiger partial charge on any atom is -0.379 e. The lowest BCUT2D eigenvalue weighted by Gasteiger charge is -2.08. The molecular formula is C17H19N3O. The molecule has 1 heterocycles. The molecule has 1 fully saturated rings. The minimum atomic E-state index is 0.138. The van der Waals surface area contributed by atoms with Crippen LogP contribution in [0.1, 0.15) is 24.1 Å². The number of aromatic nitrogens is 1. The van der Waals surface area contributed by atoms with E-state index in [-0.39, 0.29) is 11.8 Å². The first kappa shape index (κ1) is 13.6. The van der Waals surface area contributed by atoms with Gasteiger partial charge in [0.25, 0.3) is 0 Å². The molecule has 0 radical (unpaired) electrons. The highest BCUT2D eigenvalue weighted by Crippen LogP contribution is 2.30. The van der Waals surface area contributed by atoms with Crippen LogP contribution in [0.3, 0.4) is 0 Å². The quantitative estimate of drug-likeness (QED) is 0.883. The average Bonchev–Trinajstić information content (AvgIpc) is 3.33. The number of anilines is 2. The largest absolute Gasteiger partial charge is 0.379 e. The summed E-state index contributed by atoms with van der Waals surface area (Å²) in [5, 5.41) is 6.25. The van der Waals surface area contributed by atoms with Crippen LogP contribution >= 0.6 is 0 Å². The molecule has 108 valence electrons. The molecule has 1 aromatic carbocycles. The maximum atomic E-state index is 11.7. The third-order valence-corrected chi connectivity index (χ3v) is 3.55. The van der Waals surface area contributed by atoms with Gasteiger partial charge in [-0.15, -0.1) is 0 Å². The first-order chi connectivity index (χ1) is 10.2. The zero-order valence-corrected chi connectivity index (χ0v) is 12.1. The van der Waals surface area contributed by atoms with E-state index in [0.29, 0.717) is 6.54 Å². The van der Waals surface area contributed by atoms with Gasteiger partial charge in [0, 0.05) is 23.5 Å². The fourth-order valence-corrected chi connectivity index (χ4v) is 2.06. The molecule has 2 aromatic rings. The van der Waals surface area contributed by atoms with Crippen LogP contribution in [0.5, 0.6) is 0 Å². The van der Waals surface area contributed by atoms with Crippen molar-refractivity contribution in [1.82, 2.24) is 4.98 Å². The van der Waals surface area contributed by atoms with Crippen LogP contribution in [-0.4, -0.2) is 10.9 Å². The second-order valence-corrected chi connectivity index (χ2v) is 5.52. The van der Waals surface area contributed by atoms with Crippen molar-refractivity contribution >= 4 is 17.3 Å². The molecule has 0 aliphatic heterocycles. The minimum absolute atomic E-state index is 0.138. The van der Waals surface area contributed by atoms with E-state index in [4.69, 9.17) is 0 Å². The maximum absolute atomic E-state index is 11.7. The number of hydrogen-bond donors (Lipinski definition) is 2. The fraction of sp³-hybridized carbons (Fsp3) is 0.294. The molecule has 1 amide bonds. The molecule has 4 nitrogen and oxygen atoms in total. The van der Waals surface area contributed by atoms with Crippen LogP contribution < -0.4 is 10.6 Å². The van der Waals surface area contributed by atoms with Crippen molar-refractivity contribution in [2.45, 2.75) is 26.3 Å². The number of benzene rings is 1. The summed E-state index contributed by atoms with van der Waals surface area (Å²) in [5.74, 6) is 0.370. The van der Waals surface area contributed by atoms with Gasteiger partial charge in [0.05, 0.1) is 12.2 Å². The summed E-state index contributed by atoms with van der Waals surface area (Å²) < 4.78 is 0. The number of aryl methyl sites for hydroxylation is 1. The highest BCUT2D eigenvalue weighted by atomic mass is 16.2. The zero-order valence-electron chi connectivity index (χ0n) is 12.1. The lowest BCUT2D eigenvalue weighted by molar-refractivity contribution is -0.117. The summed E-state index contributed by atoms with van der Waals surface area (Å²) in [7, 11) is 0. The summed E-state index contributed by atoms with van der Waals surface area (Å²) in [5.41, 5.74) is 4.04. The molecule has 0 spiro atoms. The van der Waals surface area contributed by atoms with Crippen LogP contribution in [0.4, 0.5) is 11.4 Å². The van der Waals surface area contributed by atoms with E-state index in [1.807, 2.05) is 43.5 Å². The lowest BCUT2D eigenvalue weighted by Crippen LogP contribution is -2.13. The molecule has 0 saturated heterocycles. The van der Waals surface area contributed by atoms with Crippen LogP contribution in [0.25, 0.3) is 0 Å². The van der Waals surface area contributed by atoms with Gasteiger partial charge in [0.2, 0.25) is 5.91 Å². The van der Waals surface area contributed by atoms with E-state index in [1.165, 1.54) is 0 Å². The molecule has 2 N–H and O–H groups in total. The summed E-state index contributed by atoms with van der Waals surface area (Å²) >= 11 is 0. The molecule has 3 rings (SSSR count).